The van der Waals surface area contributed by atoms with Gasteiger partial charge in [0.25, 0.3) is 0 Å². The van der Waals surface area contributed by atoms with Crippen LogP contribution in [-0.2, 0) is 6.54 Å². The summed E-state index contributed by atoms with van der Waals surface area (Å²) in [4.78, 5) is 2.68. The molecular weight excluding hydrogens is 274 g/mol. The van der Waals surface area contributed by atoms with Gasteiger partial charge in [0, 0.05) is 24.1 Å². The van der Waals surface area contributed by atoms with Crippen LogP contribution in [0.4, 0.5) is 0 Å². The Morgan fingerprint density at radius 1 is 1.06 bits per heavy atom. The molecule has 0 N–H and O–H groups in total. The Bertz CT molecular complexity index is 368. The maximum atomic E-state index is 3.56. The molecule has 92 valence electrons. The van der Waals surface area contributed by atoms with Crippen molar-refractivity contribution < 1.29 is 0 Å². The van der Waals surface area contributed by atoms with Crippen LogP contribution >= 0.6 is 15.9 Å². The van der Waals surface area contributed by atoms with E-state index in [1.165, 1.54) is 48.8 Å². The minimum atomic E-state index is 1.00. The van der Waals surface area contributed by atoms with E-state index < -0.39 is 0 Å². The van der Waals surface area contributed by atoms with Crippen LogP contribution in [0.25, 0.3) is 0 Å². The van der Waals surface area contributed by atoms with E-state index in [9.17, 15) is 0 Å². The molecule has 17 heavy (non-hydrogen) atoms. The summed E-state index contributed by atoms with van der Waals surface area (Å²) < 4.78 is 1.20. The first-order valence-corrected chi connectivity index (χ1v) is 7.56. The van der Waals surface area contributed by atoms with E-state index in [0.29, 0.717) is 0 Å². The zero-order valence-electron chi connectivity index (χ0n) is 10.2. The first kappa shape index (κ1) is 11.7. The van der Waals surface area contributed by atoms with Gasteiger partial charge in [-0.3, -0.25) is 4.90 Å². The van der Waals surface area contributed by atoms with Crippen LogP contribution in [0.3, 0.4) is 0 Å². The second-order valence-electron chi connectivity index (χ2n) is 5.71. The van der Waals surface area contributed by atoms with Crippen LogP contribution in [0.15, 0.2) is 28.7 Å². The quantitative estimate of drug-likeness (QED) is 0.764. The van der Waals surface area contributed by atoms with Gasteiger partial charge in [0.1, 0.15) is 0 Å². The molecule has 0 atom stereocenters. The molecule has 3 rings (SSSR count). The first-order valence-electron chi connectivity index (χ1n) is 6.76. The number of nitrogens with zero attached hydrogens (tertiary/aromatic N) is 1. The van der Waals surface area contributed by atoms with Crippen LogP contribution in [0.5, 0.6) is 0 Å². The second kappa shape index (κ2) is 5.11. The summed E-state index contributed by atoms with van der Waals surface area (Å²) in [7, 11) is 0. The van der Waals surface area contributed by atoms with Crippen molar-refractivity contribution >= 4 is 15.9 Å². The summed E-state index contributed by atoms with van der Waals surface area (Å²) in [5.41, 5.74) is 1.45. The predicted molar refractivity (Wildman–Crippen MR) is 74.9 cm³/mol. The van der Waals surface area contributed by atoms with E-state index in [1.807, 2.05) is 0 Å². The highest BCUT2D eigenvalue weighted by Crippen LogP contribution is 2.34. The Morgan fingerprint density at radius 3 is 2.24 bits per heavy atom. The molecular formula is C15H20BrN. The lowest BCUT2D eigenvalue weighted by molar-refractivity contribution is 0.244. The van der Waals surface area contributed by atoms with Crippen molar-refractivity contribution in [2.24, 2.45) is 11.8 Å². The van der Waals surface area contributed by atoms with Gasteiger partial charge in [0.05, 0.1) is 0 Å². The van der Waals surface area contributed by atoms with Crippen molar-refractivity contribution in [1.29, 1.82) is 0 Å². The van der Waals surface area contributed by atoms with E-state index >= 15 is 0 Å². The van der Waals surface area contributed by atoms with Gasteiger partial charge in [0.15, 0.2) is 0 Å². The van der Waals surface area contributed by atoms with Crippen molar-refractivity contribution in [2.45, 2.75) is 32.2 Å². The maximum Gasteiger partial charge on any atom is 0.0234 e. The molecule has 2 saturated carbocycles. The van der Waals surface area contributed by atoms with Gasteiger partial charge >= 0.3 is 0 Å². The largest absolute Gasteiger partial charge is 0.299 e. The molecule has 1 aromatic carbocycles. The van der Waals surface area contributed by atoms with Crippen LogP contribution in [0, 0.1) is 11.8 Å². The lowest BCUT2D eigenvalue weighted by Crippen LogP contribution is -2.27. The van der Waals surface area contributed by atoms with Gasteiger partial charge in [-0.25, -0.2) is 0 Å². The highest BCUT2D eigenvalue weighted by molar-refractivity contribution is 9.10. The highest BCUT2D eigenvalue weighted by atomic mass is 79.9. The molecule has 2 aliphatic rings. The Hall–Kier alpha value is -0.340. The third-order valence-corrected chi connectivity index (χ3v) is 4.22. The molecule has 2 fully saturated rings. The summed E-state index contributed by atoms with van der Waals surface area (Å²) in [6.07, 6.45) is 5.83. The van der Waals surface area contributed by atoms with Crippen LogP contribution < -0.4 is 0 Å². The molecule has 0 aromatic heterocycles. The summed E-state index contributed by atoms with van der Waals surface area (Å²) in [6.45, 7) is 3.78. The van der Waals surface area contributed by atoms with Gasteiger partial charge in [-0.05, 0) is 55.2 Å². The Kier molecular flexibility index (Phi) is 3.53. The third kappa shape index (κ3) is 3.82. The molecule has 0 radical (unpaired) electrons. The van der Waals surface area contributed by atoms with Crippen molar-refractivity contribution in [2.75, 3.05) is 13.1 Å². The zero-order valence-corrected chi connectivity index (χ0v) is 11.8. The summed E-state index contributed by atoms with van der Waals surface area (Å²) in [6, 6.07) is 8.76. The fourth-order valence-corrected chi connectivity index (χ4v) is 2.87. The van der Waals surface area contributed by atoms with Gasteiger partial charge in [-0.1, -0.05) is 28.1 Å². The normalized spacial score (nSPS) is 19.9. The maximum absolute atomic E-state index is 3.56. The summed E-state index contributed by atoms with van der Waals surface area (Å²) in [5, 5.41) is 0. The summed E-state index contributed by atoms with van der Waals surface area (Å²) in [5.74, 6) is 2.00. The van der Waals surface area contributed by atoms with E-state index in [1.54, 1.807) is 0 Å². The highest BCUT2D eigenvalue weighted by Gasteiger charge is 2.29. The Morgan fingerprint density at radius 2 is 1.71 bits per heavy atom. The zero-order chi connectivity index (χ0) is 11.7. The van der Waals surface area contributed by atoms with Crippen molar-refractivity contribution in [1.82, 2.24) is 4.90 Å². The number of halogens is 1. The number of rotatable bonds is 6. The topological polar surface area (TPSA) is 3.24 Å². The van der Waals surface area contributed by atoms with Gasteiger partial charge in [-0.15, -0.1) is 0 Å². The molecule has 0 amide bonds. The van der Waals surface area contributed by atoms with Crippen molar-refractivity contribution in [3.05, 3.63) is 34.3 Å². The van der Waals surface area contributed by atoms with E-state index in [2.05, 4.69) is 45.1 Å². The smallest absolute Gasteiger partial charge is 0.0234 e. The molecule has 2 heteroatoms. The molecule has 0 heterocycles. The lowest BCUT2D eigenvalue weighted by Gasteiger charge is -2.22. The average Bonchev–Trinajstić information content (AvgIpc) is 3.13. The third-order valence-electron chi connectivity index (χ3n) is 3.72. The Labute approximate surface area is 112 Å². The molecule has 1 nitrogen and oxygen atoms in total. The van der Waals surface area contributed by atoms with E-state index in [4.69, 9.17) is 0 Å². The Balaban J connectivity index is 1.60. The fraction of sp³-hybridized carbons (Fsp3) is 0.600. The average molecular weight is 294 g/mol. The van der Waals surface area contributed by atoms with E-state index in [0.717, 1.165) is 18.4 Å². The van der Waals surface area contributed by atoms with Gasteiger partial charge in [0.2, 0.25) is 0 Å². The summed E-state index contributed by atoms with van der Waals surface area (Å²) >= 11 is 3.56. The first-order chi connectivity index (χ1) is 8.29. The van der Waals surface area contributed by atoms with Gasteiger partial charge < -0.3 is 0 Å². The molecule has 1 aromatic rings. The predicted octanol–water partition coefficient (Wildman–Crippen LogP) is 4.07. The lowest BCUT2D eigenvalue weighted by atomic mass is 10.2. The number of benzene rings is 1. The molecule has 0 aliphatic heterocycles. The minimum absolute atomic E-state index is 1.00. The number of hydrogen-bond acceptors (Lipinski definition) is 1. The van der Waals surface area contributed by atoms with Crippen LogP contribution in [0.1, 0.15) is 31.2 Å². The number of hydrogen-bond donors (Lipinski definition) is 0. The van der Waals surface area contributed by atoms with Crippen LogP contribution in [-0.4, -0.2) is 18.0 Å². The molecule has 0 unspecified atom stereocenters. The molecule has 0 spiro atoms. The molecule has 0 bridgehead atoms. The van der Waals surface area contributed by atoms with Crippen molar-refractivity contribution in [3.63, 3.8) is 0 Å². The SMILES string of the molecule is Brc1cccc(CN(CC2CC2)CC2CC2)c1. The molecule has 2 aliphatic carbocycles. The second-order valence-corrected chi connectivity index (χ2v) is 6.63. The molecule has 0 saturated heterocycles. The van der Waals surface area contributed by atoms with Crippen LogP contribution in [0.2, 0.25) is 0 Å². The fourth-order valence-electron chi connectivity index (χ4n) is 2.43. The van der Waals surface area contributed by atoms with Crippen molar-refractivity contribution in [3.8, 4) is 0 Å². The van der Waals surface area contributed by atoms with Gasteiger partial charge in [-0.2, -0.15) is 0 Å². The standard InChI is InChI=1S/C15H20BrN/c16-15-3-1-2-14(8-15)11-17(9-12-4-5-12)10-13-6-7-13/h1-3,8,12-13H,4-7,9-11H2. The monoisotopic (exact) mass is 293 g/mol. The van der Waals surface area contributed by atoms with E-state index in [-0.39, 0.29) is 0 Å². The minimum Gasteiger partial charge on any atom is -0.299 e.